The van der Waals surface area contributed by atoms with E-state index in [-0.39, 0.29) is 33.6 Å². The van der Waals surface area contributed by atoms with E-state index in [0.717, 1.165) is 12.5 Å². The van der Waals surface area contributed by atoms with E-state index in [1.165, 1.54) is 23.2 Å². The molecule has 0 aliphatic rings. The van der Waals surface area contributed by atoms with Gasteiger partial charge in [-0.05, 0) is 22.8 Å². The Balaban J connectivity index is -0.000000106. The van der Waals surface area contributed by atoms with Gasteiger partial charge in [-0.1, -0.05) is 80.1 Å². The zero-order chi connectivity index (χ0) is 27.7. The van der Waals surface area contributed by atoms with E-state index in [9.17, 15) is 0 Å². The van der Waals surface area contributed by atoms with Crippen molar-refractivity contribution in [2.45, 2.75) is 32.2 Å². The van der Waals surface area contributed by atoms with Crippen molar-refractivity contribution < 1.29 is 61.5 Å². The van der Waals surface area contributed by atoms with Crippen molar-refractivity contribution in [3.8, 4) is 11.5 Å². The molecule has 2 rings (SSSR count). The molecule has 2 radical (unpaired) electrons. The van der Waals surface area contributed by atoms with Gasteiger partial charge in [0.2, 0.25) is 8.07 Å². The fraction of sp³-hybridized carbons (Fsp3) is 0.185. The monoisotopic (exact) mass is 590 g/mol. The average molecular weight is 590 g/mol. The second kappa shape index (κ2) is 45.8. The van der Waals surface area contributed by atoms with Crippen LogP contribution < -0.4 is 10.4 Å². The zero-order valence-electron chi connectivity index (χ0n) is 19.5. The molecule has 0 heterocycles. The molecule has 0 bridgehead atoms. The summed E-state index contributed by atoms with van der Waals surface area (Å²) in [6.07, 6.45) is 5.40. The Morgan fingerprint density at radius 3 is 1.31 bits per heavy atom. The quantitative estimate of drug-likeness (QED) is 0.121. The van der Waals surface area contributed by atoms with Gasteiger partial charge in [0.15, 0.2) is 0 Å². The Morgan fingerprint density at radius 1 is 0.694 bits per heavy atom. The molecule has 0 N–H and O–H groups in total. The predicted octanol–water partition coefficient (Wildman–Crippen LogP) is 3.94. The average Bonchev–Trinajstić information content (AvgIpc) is 2.98. The van der Waals surface area contributed by atoms with E-state index in [1.54, 1.807) is 0 Å². The standard InChI is InChI=1S/C21H24Si.6CO.2Co/c1-3-5-6-13-19-22(18-4-2,20-14-9-7-10-15-20)21-16-11-8-12-17-21;6*1-2;;/h4,7-12,14-17H,2-3,5-6,18H2,1H3;;;;;;;;. The molecule has 0 fully saturated rings. The molecule has 0 amide bonds. The molecular weight excluding hydrogens is 566 g/mol. The van der Waals surface area contributed by atoms with Crippen LogP contribution in [-0.4, -0.2) is 8.07 Å². The van der Waals surface area contributed by atoms with E-state index >= 15 is 0 Å². The first-order valence-corrected chi connectivity index (χ1v) is 11.5. The zero-order valence-corrected chi connectivity index (χ0v) is 22.6. The number of allylic oxidation sites excluding steroid dienone is 1. The normalized spacial score (nSPS) is 6.81. The van der Waals surface area contributed by atoms with Gasteiger partial charge in [-0.3, -0.25) is 0 Å². The SMILES string of the molecule is C=CC[Si](C#CCCCC)(c1ccccc1)c1ccccc1.[C-]#[O+].[C-]#[O+].[C-]#[O+].[C-]#[O+].[C-]#[O+].[C-]#[O+].[Co].[Co]. The van der Waals surface area contributed by atoms with Gasteiger partial charge in [-0.25, -0.2) is 0 Å². The van der Waals surface area contributed by atoms with Gasteiger partial charge in [0.1, 0.15) is 0 Å². The van der Waals surface area contributed by atoms with Crippen LogP contribution in [-0.2, 0) is 61.5 Å². The van der Waals surface area contributed by atoms with Crippen LogP contribution in [0.15, 0.2) is 73.3 Å². The van der Waals surface area contributed by atoms with Crippen molar-refractivity contribution in [2.24, 2.45) is 0 Å². The van der Waals surface area contributed by atoms with Crippen molar-refractivity contribution in [1.82, 2.24) is 0 Å². The summed E-state index contributed by atoms with van der Waals surface area (Å²) in [6, 6.07) is 22.5. The van der Waals surface area contributed by atoms with E-state index < -0.39 is 8.07 Å². The summed E-state index contributed by atoms with van der Waals surface area (Å²) < 4.78 is 45.0. The molecule has 0 saturated carbocycles. The predicted molar refractivity (Wildman–Crippen MR) is 124 cm³/mol. The molecule has 0 atom stereocenters. The first-order chi connectivity index (χ1) is 16.8. The Morgan fingerprint density at radius 2 is 1.03 bits per heavy atom. The molecule has 2 aromatic carbocycles. The van der Waals surface area contributed by atoms with Gasteiger partial charge in [-0.15, -0.1) is 18.0 Å². The molecule has 0 aromatic heterocycles. The summed E-state index contributed by atoms with van der Waals surface area (Å²) >= 11 is 0. The molecule has 36 heavy (non-hydrogen) atoms. The van der Waals surface area contributed by atoms with Crippen LogP contribution >= 0.6 is 0 Å². The Labute approximate surface area is 236 Å². The fourth-order valence-electron chi connectivity index (χ4n) is 2.74. The van der Waals surface area contributed by atoms with Crippen LogP contribution in [0.5, 0.6) is 0 Å². The second-order valence-corrected chi connectivity index (χ2v) is 9.16. The van der Waals surface area contributed by atoms with Gasteiger partial charge in [0.05, 0.1) is 0 Å². The molecule has 0 aliphatic carbocycles. The molecule has 2 aromatic rings. The summed E-state index contributed by atoms with van der Waals surface area (Å²) in [5, 5.41) is 2.76. The van der Waals surface area contributed by atoms with E-state index in [4.69, 9.17) is 27.9 Å². The first kappa shape index (κ1) is 50.3. The maximum Gasteiger partial charge on any atom is 0 e. The molecule has 6 nitrogen and oxygen atoms in total. The van der Waals surface area contributed by atoms with Gasteiger partial charge in [-0.2, -0.15) is 0 Å². The maximum absolute atomic E-state index is 7.50. The van der Waals surface area contributed by atoms with Gasteiger partial charge >= 0.3 is 67.8 Å². The third-order valence-corrected chi connectivity index (χ3v) is 8.08. The van der Waals surface area contributed by atoms with Crippen LogP contribution in [0.1, 0.15) is 26.2 Å². The van der Waals surface area contributed by atoms with E-state index in [0.29, 0.717) is 0 Å². The molecule has 0 unspecified atom stereocenters. The number of benzene rings is 2. The summed E-state index contributed by atoms with van der Waals surface area (Å²) in [6.45, 7) is 33.2. The van der Waals surface area contributed by atoms with E-state index in [1.807, 2.05) is 6.08 Å². The topological polar surface area (TPSA) is 119 Å². The van der Waals surface area contributed by atoms with Crippen LogP contribution in [0.3, 0.4) is 0 Å². The maximum atomic E-state index is 7.50. The van der Waals surface area contributed by atoms with Gasteiger partial charge < -0.3 is 0 Å². The molecular formula is C27H24Co2O6Si. The van der Waals surface area contributed by atoms with Gasteiger partial charge in [0.25, 0.3) is 0 Å². The minimum atomic E-state index is -2.08. The Hall–Kier alpha value is -2.59. The third kappa shape index (κ3) is 21.9. The van der Waals surface area contributed by atoms with E-state index in [2.05, 4.69) is 126 Å². The molecule has 190 valence electrons. The van der Waals surface area contributed by atoms with Crippen molar-refractivity contribution in [3.63, 3.8) is 0 Å². The summed E-state index contributed by atoms with van der Waals surface area (Å²) in [5.74, 6) is 3.47. The van der Waals surface area contributed by atoms with Crippen LogP contribution in [0.2, 0.25) is 6.04 Å². The second-order valence-electron chi connectivity index (χ2n) is 5.54. The summed E-state index contributed by atoms with van der Waals surface area (Å²) in [7, 11) is -2.08. The Kier molecular flexibility index (Phi) is 64.1. The first-order valence-electron chi connectivity index (χ1n) is 9.28. The van der Waals surface area contributed by atoms with Crippen LogP contribution in [0, 0.1) is 51.4 Å². The smallest absolute Gasteiger partial charge is 0 e. The van der Waals surface area contributed by atoms with Crippen molar-refractivity contribution in [3.05, 3.63) is 113 Å². The van der Waals surface area contributed by atoms with Crippen molar-refractivity contribution in [1.29, 1.82) is 0 Å². The Bertz CT molecular complexity index is 823. The molecule has 0 spiro atoms. The number of hydrogen-bond acceptors (Lipinski definition) is 0. The van der Waals surface area contributed by atoms with Crippen LogP contribution in [0.4, 0.5) is 0 Å². The molecule has 0 saturated heterocycles. The number of unbranched alkanes of at least 4 members (excludes halogenated alkanes) is 2. The minimum Gasteiger partial charge on any atom is 0 e. The van der Waals surface area contributed by atoms with Crippen molar-refractivity contribution >= 4 is 18.4 Å². The summed E-state index contributed by atoms with van der Waals surface area (Å²) in [5.41, 5.74) is 3.72. The molecule has 0 aliphatic heterocycles. The number of rotatable bonds is 6. The largest absolute Gasteiger partial charge is 0 e. The van der Waals surface area contributed by atoms with Crippen molar-refractivity contribution in [2.75, 3.05) is 0 Å². The third-order valence-electron chi connectivity index (χ3n) is 3.94. The minimum absolute atomic E-state index is 0. The molecule has 9 heteroatoms. The van der Waals surface area contributed by atoms with Crippen LogP contribution in [0.25, 0.3) is 0 Å². The summed E-state index contributed by atoms with van der Waals surface area (Å²) in [4.78, 5) is 0. The van der Waals surface area contributed by atoms with Gasteiger partial charge in [0, 0.05) is 40.0 Å². The fourth-order valence-corrected chi connectivity index (χ4v) is 6.32. The number of hydrogen-bond donors (Lipinski definition) is 0.